The molecule has 0 aliphatic heterocycles. The first-order valence-corrected chi connectivity index (χ1v) is 5.87. The number of amides is 1. The van der Waals surface area contributed by atoms with E-state index in [9.17, 15) is 14.4 Å². The fourth-order valence-electron chi connectivity index (χ4n) is 1.16. The van der Waals surface area contributed by atoms with E-state index in [4.69, 9.17) is 0 Å². The van der Waals surface area contributed by atoms with Gasteiger partial charge in [0.25, 0.3) is 0 Å². The number of hydrogen-bond acceptors (Lipinski definition) is 5. The number of nitrogens with one attached hydrogen (secondary N) is 1. The highest BCUT2D eigenvalue weighted by molar-refractivity contribution is 7.12. The van der Waals surface area contributed by atoms with Gasteiger partial charge >= 0.3 is 5.97 Å². The monoisotopic (exact) mass is 255 g/mol. The Balaban J connectivity index is 2.62. The molecule has 1 rings (SSSR count). The van der Waals surface area contributed by atoms with Gasteiger partial charge in [-0.05, 0) is 18.4 Å². The van der Waals surface area contributed by atoms with Crippen molar-refractivity contribution >= 4 is 34.7 Å². The van der Waals surface area contributed by atoms with Crippen LogP contribution in [0.4, 0.5) is 5.69 Å². The van der Waals surface area contributed by atoms with Crippen LogP contribution in [-0.2, 0) is 14.3 Å². The molecule has 17 heavy (non-hydrogen) atoms. The summed E-state index contributed by atoms with van der Waals surface area (Å²) >= 11 is 1.19. The Bertz CT molecular complexity index is 438. The van der Waals surface area contributed by atoms with E-state index < -0.39 is 5.97 Å². The van der Waals surface area contributed by atoms with Crippen LogP contribution in [0, 0.1) is 0 Å². The molecule has 1 N–H and O–H groups in total. The topological polar surface area (TPSA) is 72.5 Å². The number of thiophene rings is 1. The van der Waals surface area contributed by atoms with E-state index in [0.29, 0.717) is 10.6 Å². The van der Waals surface area contributed by atoms with Crippen LogP contribution >= 0.6 is 11.3 Å². The SMILES string of the molecule is COC(=O)c1sccc1NC(=O)CCC(C)=O. The van der Waals surface area contributed by atoms with E-state index in [1.165, 1.54) is 25.4 Å². The molecule has 0 saturated carbocycles. The summed E-state index contributed by atoms with van der Waals surface area (Å²) in [5.41, 5.74) is 0.426. The molecule has 92 valence electrons. The Morgan fingerprint density at radius 2 is 2.06 bits per heavy atom. The van der Waals surface area contributed by atoms with Gasteiger partial charge in [0.05, 0.1) is 12.8 Å². The number of Topliss-reactive ketones (excluding diaryl/α,β-unsaturated/α-hetero) is 1. The lowest BCUT2D eigenvalue weighted by Gasteiger charge is -2.04. The van der Waals surface area contributed by atoms with Crippen LogP contribution < -0.4 is 5.32 Å². The Hall–Kier alpha value is -1.69. The summed E-state index contributed by atoms with van der Waals surface area (Å²) in [5.74, 6) is -0.815. The third kappa shape index (κ3) is 3.99. The van der Waals surface area contributed by atoms with Crippen LogP contribution in [0.3, 0.4) is 0 Å². The standard InChI is InChI=1S/C11H13NO4S/c1-7(13)3-4-9(14)12-8-5-6-17-10(8)11(15)16-2/h5-6H,3-4H2,1-2H3,(H,12,14). The summed E-state index contributed by atoms with van der Waals surface area (Å²) in [7, 11) is 1.28. The Labute approximate surface area is 103 Å². The first kappa shape index (κ1) is 13.4. The fourth-order valence-corrected chi connectivity index (χ4v) is 1.93. The maximum atomic E-state index is 11.5. The maximum Gasteiger partial charge on any atom is 0.350 e. The molecule has 0 spiro atoms. The van der Waals surface area contributed by atoms with E-state index in [0.717, 1.165) is 0 Å². The first-order chi connectivity index (χ1) is 8.04. The molecule has 0 aliphatic carbocycles. The highest BCUT2D eigenvalue weighted by Gasteiger charge is 2.15. The molecule has 5 nitrogen and oxygen atoms in total. The van der Waals surface area contributed by atoms with Gasteiger partial charge in [0.2, 0.25) is 5.91 Å². The Kier molecular flexibility index (Phi) is 4.84. The number of ketones is 1. The highest BCUT2D eigenvalue weighted by Crippen LogP contribution is 2.23. The molecule has 6 heteroatoms. The molecule has 1 aromatic heterocycles. The third-order valence-electron chi connectivity index (χ3n) is 2.01. The molecule has 1 heterocycles. The van der Waals surface area contributed by atoms with Gasteiger partial charge in [-0.25, -0.2) is 4.79 Å². The minimum Gasteiger partial charge on any atom is -0.465 e. The minimum atomic E-state index is -0.484. The largest absolute Gasteiger partial charge is 0.465 e. The maximum absolute atomic E-state index is 11.5. The summed E-state index contributed by atoms with van der Waals surface area (Å²) in [6.07, 6.45) is 0.315. The van der Waals surface area contributed by atoms with Crippen LogP contribution in [0.25, 0.3) is 0 Å². The lowest BCUT2D eigenvalue weighted by Crippen LogP contribution is -2.14. The number of rotatable bonds is 5. The average Bonchev–Trinajstić information content (AvgIpc) is 2.73. The minimum absolute atomic E-state index is 0.0429. The Morgan fingerprint density at radius 1 is 1.35 bits per heavy atom. The molecule has 0 aliphatic rings. The summed E-state index contributed by atoms with van der Waals surface area (Å²) in [4.78, 5) is 33.9. The number of esters is 1. The van der Waals surface area contributed by atoms with E-state index in [-0.39, 0.29) is 24.5 Å². The predicted molar refractivity (Wildman–Crippen MR) is 64.2 cm³/mol. The lowest BCUT2D eigenvalue weighted by atomic mass is 10.2. The van der Waals surface area contributed by atoms with Crippen LogP contribution in [0.15, 0.2) is 11.4 Å². The number of carbonyl (C=O) groups is 3. The van der Waals surface area contributed by atoms with E-state index in [2.05, 4.69) is 10.1 Å². The second-order valence-electron chi connectivity index (χ2n) is 3.41. The van der Waals surface area contributed by atoms with Gasteiger partial charge in [0.1, 0.15) is 10.7 Å². The number of ether oxygens (including phenoxy) is 1. The molecule has 1 aromatic rings. The molecular formula is C11H13NO4S. The zero-order valence-electron chi connectivity index (χ0n) is 9.61. The molecular weight excluding hydrogens is 242 g/mol. The molecule has 0 bridgehead atoms. The van der Waals surface area contributed by atoms with Gasteiger partial charge in [-0.15, -0.1) is 11.3 Å². The van der Waals surface area contributed by atoms with Crippen LogP contribution in [0.2, 0.25) is 0 Å². The summed E-state index contributed by atoms with van der Waals surface area (Å²) in [5, 5.41) is 4.27. The first-order valence-electron chi connectivity index (χ1n) is 4.99. The van der Waals surface area contributed by atoms with Crippen molar-refractivity contribution in [2.45, 2.75) is 19.8 Å². The summed E-state index contributed by atoms with van der Waals surface area (Å²) in [6.45, 7) is 1.43. The fraction of sp³-hybridized carbons (Fsp3) is 0.364. The van der Waals surface area contributed by atoms with Gasteiger partial charge in [-0.2, -0.15) is 0 Å². The van der Waals surface area contributed by atoms with E-state index in [1.54, 1.807) is 11.4 Å². The van der Waals surface area contributed by atoms with Gasteiger partial charge in [0, 0.05) is 12.8 Å². The number of hydrogen-bond donors (Lipinski definition) is 1. The molecule has 0 saturated heterocycles. The predicted octanol–water partition coefficient (Wildman–Crippen LogP) is 1.84. The molecule has 0 fully saturated rings. The van der Waals surface area contributed by atoms with Gasteiger partial charge < -0.3 is 14.8 Å². The third-order valence-corrected chi connectivity index (χ3v) is 2.91. The molecule has 0 unspecified atom stereocenters. The van der Waals surface area contributed by atoms with Crippen LogP contribution in [0.5, 0.6) is 0 Å². The van der Waals surface area contributed by atoms with Gasteiger partial charge in [0.15, 0.2) is 0 Å². The van der Waals surface area contributed by atoms with E-state index >= 15 is 0 Å². The molecule has 1 amide bonds. The highest BCUT2D eigenvalue weighted by atomic mass is 32.1. The van der Waals surface area contributed by atoms with Gasteiger partial charge in [-0.3, -0.25) is 4.79 Å². The number of methoxy groups -OCH3 is 1. The van der Waals surface area contributed by atoms with Crippen molar-refractivity contribution in [3.05, 3.63) is 16.3 Å². The molecule has 0 radical (unpaired) electrons. The summed E-state index contributed by atoms with van der Waals surface area (Å²) < 4.78 is 4.58. The average molecular weight is 255 g/mol. The second-order valence-corrected chi connectivity index (χ2v) is 4.32. The number of anilines is 1. The number of carbonyl (C=O) groups excluding carboxylic acids is 3. The van der Waals surface area contributed by atoms with Crippen LogP contribution in [-0.4, -0.2) is 24.8 Å². The van der Waals surface area contributed by atoms with E-state index in [1.807, 2.05) is 0 Å². The normalized spacial score (nSPS) is 9.76. The van der Waals surface area contributed by atoms with Gasteiger partial charge in [-0.1, -0.05) is 0 Å². The smallest absolute Gasteiger partial charge is 0.350 e. The van der Waals surface area contributed by atoms with Crippen molar-refractivity contribution in [3.8, 4) is 0 Å². The van der Waals surface area contributed by atoms with Crippen molar-refractivity contribution in [1.29, 1.82) is 0 Å². The molecule has 0 aromatic carbocycles. The van der Waals surface area contributed by atoms with Crippen molar-refractivity contribution in [2.75, 3.05) is 12.4 Å². The van der Waals surface area contributed by atoms with Crippen LogP contribution in [0.1, 0.15) is 29.4 Å². The van der Waals surface area contributed by atoms with Crippen molar-refractivity contribution in [2.24, 2.45) is 0 Å². The lowest BCUT2D eigenvalue weighted by molar-refractivity contribution is -0.121. The zero-order valence-corrected chi connectivity index (χ0v) is 10.4. The summed E-state index contributed by atoms with van der Waals surface area (Å²) in [6, 6.07) is 1.63. The quantitative estimate of drug-likeness (QED) is 0.815. The van der Waals surface area contributed by atoms with Crippen molar-refractivity contribution in [1.82, 2.24) is 0 Å². The Morgan fingerprint density at radius 3 is 2.65 bits per heavy atom. The van der Waals surface area contributed by atoms with Crippen molar-refractivity contribution in [3.63, 3.8) is 0 Å². The second kappa shape index (κ2) is 6.15. The zero-order chi connectivity index (χ0) is 12.8. The van der Waals surface area contributed by atoms with Crippen molar-refractivity contribution < 1.29 is 19.1 Å². The molecule has 0 atom stereocenters.